The van der Waals surface area contributed by atoms with E-state index in [2.05, 4.69) is 105 Å². The average molecular weight is 683 g/mol. The highest BCUT2D eigenvalue weighted by Crippen LogP contribution is 2.35. The maximum atomic E-state index is 14.1. The summed E-state index contributed by atoms with van der Waals surface area (Å²) in [7, 11) is 0. The van der Waals surface area contributed by atoms with Gasteiger partial charge in [0.2, 0.25) is 11.6 Å². The SMILES string of the molecule is CC(C)(C)c1cc(C(=O)c2ccc(C(c3ccc(C=O)cc3)c3ccc(C(=O)c4cc(C(C)(C)C)cc(C(C)(C)C)c4)[nH]3)[nH]2)cc(C(C)(C)C)c1. The van der Waals surface area contributed by atoms with Crippen molar-refractivity contribution in [3.8, 4) is 0 Å². The lowest BCUT2D eigenvalue weighted by Crippen LogP contribution is -2.18. The molecule has 0 spiro atoms. The smallest absolute Gasteiger partial charge is 0.209 e. The molecule has 5 heteroatoms. The van der Waals surface area contributed by atoms with Crippen molar-refractivity contribution in [1.29, 1.82) is 0 Å². The highest BCUT2D eigenvalue weighted by atomic mass is 16.1. The summed E-state index contributed by atoms with van der Waals surface area (Å²) in [5.74, 6) is -0.516. The molecule has 0 bridgehead atoms. The molecule has 0 atom stereocenters. The number of hydrogen-bond donors (Lipinski definition) is 2. The largest absolute Gasteiger partial charge is 0.355 e. The maximum Gasteiger partial charge on any atom is 0.209 e. The first-order chi connectivity index (χ1) is 23.6. The number of H-pyrrole nitrogens is 2. The van der Waals surface area contributed by atoms with Gasteiger partial charge in [0.25, 0.3) is 0 Å². The summed E-state index contributed by atoms with van der Waals surface area (Å²) < 4.78 is 0. The molecule has 0 fully saturated rings. The average Bonchev–Trinajstić information content (AvgIpc) is 3.74. The van der Waals surface area contributed by atoms with Gasteiger partial charge in [0, 0.05) is 28.1 Å². The van der Waals surface area contributed by atoms with Crippen LogP contribution in [0.4, 0.5) is 0 Å². The monoisotopic (exact) mass is 682 g/mol. The molecule has 5 rings (SSSR count). The second-order valence-corrected chi connectivity index (χ2v) is 18.1. The number of aldehydes is 1. The molecule has 0 radical (unpaired) electrons. The van der Waals surface area contributed by atoms with Crippen LogP contribution in [0.2, 0.25) is 0 Å². The minimum Gasteiger partial charge on any atom is -0.355 e. The number of hydrogen-bond acceptors (Lipinski definition) is 3. The molecule has 0 aliphatic heterocycles. The molecule has 2 heterocycles. The lowest BCUT2D eigenvalue weighted by atomic mass is 9.79. The van der Waals surface area contributed by atoms with Crippen LogP contribution < -0.4 is 0 Å². The topological polar surface area (TPSA) is 82.8 Å². The Morgan fingerprint density at radius 2 is 0.824 bits per heavy atom. The van der Waals surface area contributed by atoms with Crippen LogP contribution in [0.15, 0.2) is 84.9 Å². The number of aromatic amines is 2. The molecule has 0 saturated carbocycles. The molecular formula is C46H54N2O3. The fourth-order valence-corrected chi connectivity index (χ4v) is 6.28. The van der Waals surface area contributed by atoms with E-state index in [4.69, 9.17) is 0 Å². The molecule has 0 aliphatic carbocycles. The highest BCUT2D eigenvalue weighted by molar-refractivity contribution is 6.09. The zero-order valence-corrected chi connectivity index (χ0v) is 32.5. The summed E-state index contributed by atoms with van der Waals surface area (Å²) in [5.41, 5.74) is 9.31. The van der Waals surface area contributed by atoms with E-state index in [9.17, 15) is 14.4 Å². The van der Waals surface area contributed by atoms with E-state index in [0.29, 0.717) is 28.1 Å². The Hall–Kier alpha value is -4.77. The van der Waals surface area contributed by atoms with Crippen LogP contribution in [-0.2, 0) is 21.7 Å². The van der Waals surface area contributed by atoms with E-state index in [1.807, 2.05) is 60.7 Å². The van der Waals surface area contributed by atoms with E-state index < -0.39 is 0 Å². The minimum atomic E-state index is -0.356. The Labute approximate surface area is 304 Å². The second kappa shape index (κ2) is 13.4. The lowest BCUT2D eigenvalue weighted by Gasteiger charge is -2.26. The third kappa shape index (κ3) is 8.25. The van der Waals surface area contributed by atoms with E-state index >= 15 is 0 Å². The molecule has 51 heavy (non-hydrogen) atoms. The van der Waals surface area contributed by atoms with Crippen molar-refractivity contribution in [1.82, 2.24) is 9.97 Å². The second-order valence-electron chi connectivity index (χ2n) is 18.1. The molecule has 3 aromatic carbocycles. The van der Waals surface area contributed by atoms with E-state index in [1.165, 1.54) is 0 Å². The van der Waals surface area contributed by atoms with Crippen molar-refractivity contribution in [2.24, 2.45) is 0 Å². The van der Waals surface area contributed by atoms with Crippen LogP contribution in [0, 0.1) is 0 Å². The molecule has 0 saturated heterocycles. The van der Waals surface area contributed by atoms with Crippen molar-refractivity contribution in [3.05, 3.63) is 152 Å². The Morgan fingerprint density at radius 1 is 0.490 bits per heavy atom. The van der Waals surface area contributed by atoms with Crippen molar-refractivity contribution >= 4 is 17.9 Å². The minimum absolute atomic E-state index is 0.0800. The fourth-order valence-electron chi connectivity index (χ4n) is 6.28. The molecule has 0 amide bonds. The zero-order chi connectivity index (χ0) is 37.7. The molecule has 2 aromatic heterocycles. The lowest BCUT2D eigenvalue weighted by molar-refractivity contribution is 0.102. The van der Waals surface area contributed by atoms with Gasteiger partial charge < -0.3 is 9.97 Å². The number of nitrogens with one attached hydrogen (secondary N) is 2. The first-order valence-corrected chi connectivity index (χ1v) is 17.9. The van der Waals surface area contributed by atoms with Crippen LogP contribution in [0.5, 0.6) is 0 Å². The Bertz CT molecular complexity index is 1890. The van der Waals surface area contributed by atoms with Gasteiger partial charge in [0.1, 0.15) is 6.29 Å². The molecular weight excluding hydrogens is 629 g/mol. The van der Waals surface area contributed by atoms with Gasteiger partial charge in [-0.2, -0.15) is 0 Å². The van der Waals surface area contributed by atoms with Gasteiger partial charge in [0.15, 0.2) is 0 Å². The molecule has 0 aliphatic rings. The number of benzene rings is 3. The first kappa shape index (κ1) is 37.5. The van der Waals surface area contributed by atoms with Crippen molar-refractivity contribution in [3.63, 3.8) is 0 Å². The van der Waals surface area contributed by atoms with Gasteiger partial charge in [0.05, 0.1) is 17.3 Å². The van der Waals surface area contributed by atoms with Crippen LogP contribution in [0.1, 0.15) is 171 Å². The van der Waals surface area contributed by atoms with Gasteiger partial charge in [-0.15, -0.1) is 0 Å². The van der Waals surface area contributed by atoms with Crippen molar-refractivity contribution in [2.45, 2.75) is 111 Å². The third-order valence-corrected chi connectivity index (χ3v) is 9.79. The van der Waals surface area contributed by atoms with Gasteiger partial charge in [-0.25, -0.2) is 0 Å². The predicted octanol–water partition coefficient (Wildman–Crippen LogP) is 11.0. The third-order valence-electron chi connectivity index (χ3n) is 9.79. The summed E-state index contributed by atoms with van der Waals surface area (Å²) in [4.78, 5) is 46.6. The van der Waals surface area contributed by atoms with E-state index in [-0.39, 0.29) is 39.1 Å². The first-order valence-electron chi connectivity index (χ1n) is 17.9. The van der Waals surface area contributed by atoms with Crippen molar-refractivity contribution < 1.29 is 14.4 Å². The van der Waals surface area contributed by atoms with Gasteiger partial charge >= 0.3 is 0 Å². The quantitative estimate of drug-likeness (QED) is 0.126. The zero-order valence-electron chi connectivity index (χ0n) is 32.5. The number of carbonyl (C=O) groups excluding carboxylic acids is 3. The van der Waals surface area contributed by atoms with Crippen LogP contribution >= 0.6 is 0 Å². The standard InChI is InChI=1S/C46H54N2O3/c1-43(2,3)32-21-30(22-33(25-32)44(4,5)6)41(50)38-19-17-36(47-38)40(29-15-13-28(27-49)14-16-29)37-18-20-39(48-37)42(51)31-23-34(45(7,8)9)26-35(24-31)46(10,11)12/h13-27,40,47-48H,1-12H3. The van der Waals surface area contributed by atoms with E-state index in [0.717, 1.165) is 45.5 Å². The maximum absolute atomic E-state index is 14.1. The van der Waals surface area contributed by atoms with Crippen LogP contribution in [0.3, 0.4) is 0 Å². The summed E-state index contributed by atoms with van der Waals surface area (Å²) in [6.07, 6.45) is 0.824. The molecule has 5 nitrogen and oxygen atoms in total. The Morgan fingerprint density at radius 3 is 1.12 bits per heavy atom. The number of carbonyl (C=O) groups is 3. The number of aromatic nitrogens is 2. The molecule has 2 N–H and O–H groups in total. The highest BCUT2D eigenvalue weighted by Gasteiger charge is 2.27. The summed E-state index contributed by atoms with van der Waals surface area (Å²) in [5, 5.41) is 0. The van der Waals surface area contributed by atoms with E-state index in [1.54, 1.807) is 12.1 Å². The van der Waals surface area contributed by atoms with Crippen LogP contribution in [-0.4, -0.2) is 27.8 Å². The Kier molecular flexibility index (Phi) is 9.86. The number of rotatable bonds is 8. The summed E-state index contributed by atoms with van der Waals surface area (Å²) in [6, 6.07) is 27.4. The van der Waals surface area contributed by atoms with Gasteiger partial charge in [-0.1, -0.05) is 119 Å². The van der Waals surface area contributed by atoms with Crippen molar-refractivity contribution in [2.75, 3.05) is 0 Å². The normalized spacial score (nSPS) is 12.7. The molecule has 266 valence electrons. The molecule has 5 aromatic rings. The van der Waals surface area contributed by atoms with Crippen LogP contribution in [0.25, 0.3) is 0 Å². The molecule has 0 unspecified atom stereocenters. The van der Waals surface area contributed by atoms with Gasteiger partial charge in [-0.3, -0.25) is 14.4 Å². The Balaban J connectivity index is 1.57. The summed E-state index contributed by atoms with van der Waals surface area (Å²) >= 11 is 0. The summed E-state index contributed by atoms with van der Waals surface area (Å²) in [6.45, 7) is 26.0. The number of ketones is 2. The van der Waals surface area contributed by atoms with Gasteiger partial charge in [-0.05, 0) is 98.0 Å². The predicted molar refractivity (Wildman–Crippen MR) is 209 cm³/mol. The fraction of sp³-hybridized carbons (Fsp3) is 0.370.